The standard InChI is InChI=1S/C26H33F3IN3O4S/c1-15-11-19(12-18(13-30)33(15)25(31-3)38-16(2)34-4)35-14-21-23(32-37-24(21)17-9-10-17)20-7-5-6-8-22(20)36-26(27,28)29/h5-8,15-19H,9-14H2,1-4H3/t15-,16?,18?,19+/m1/s1. The molecule has 0 N–H and O–H groups in total. The number of hydrogen-bond donors (Lipinski definition) is 0. The maximum atomic E-state index is 13.1. The van der Waals surface area contributed by atoms with Crippen LogP contribution in [0.3, 0.4) is 0 Å². The maximum absolute atomic E-state index is 13.1. The molecule has 1 aromatic carbocycles. The molecule has 2 heterocycles. The Morgan fingerprint density at radius 3 is 2.66 bits per heavy atom. The van der Waals surface area contributed by atoms with Crippen molar-refractivity contribution in [1.82, 2.24) is 10.1 Å². The maximum Gasteiger partial charge on any atom is 0.573 e. The van der Waals surface area contributed by atoms with Gasteiger partial charge in [0.05, 0.1) is 12.7 Å². The molecule has 38 heavy (non-hydrogen) atoms. The normalized spacial score (nSPS) is 23.5. The third-order valence-electron chi connectivity index (χ3n) is 6.80. The second kappa shape index (κ2) is 12.8. The first-order valence-corrected chi connectivity index (χ1v) is 15.0. The third-order valence-corrected chi connectivity index (χ3v) is 8.94. The average Bonchev–Trinajstić information content (AvgIpc) is 3.64. The second-order valence-electron chi connectivity index (χ2n) is 9.59. The lowest BCUT2D eigenvalue weighted by atomic mass is 9.95. The summed E-state index contributed by atoms with van der Waals surface area (Å²) in [4.78, 5) is 6.90. The third kappa shape index (κ3) is 7.16. The summed E-state index contributed by atoms with van der Waals surface area (Å²) >= 11 is 4.00. The van der Waals surface area contributed by atoms with Gasteiger partial charge in [0.2, 0.25) is 0 Å². The van der Waals surface area contributed by atoms with Crippen LogP contribution >= 0.6 is 34.4 Å². The average molecular weight is 668 g/mol. The first kappa shape index (κ1) is 29.5. The van der Waals surface area contributed by atoms with Crippen molar-refractivity contribution in [2.75, 3.05) is 18.6 Å². The van der Waals surface area contributed by atoms with Crippen molar-refractivity contribution < 1.29 is 31.9 Å². The Morgan fingerprint density at radius 1 is 1.29 bits per heavy atom. The summed E-state index contributed by atoms with van der Waals surface area (Å²) in [6.45, 7) is 4.38. The Bertz CT molecular complexity index is 1110. The van der Waals surface area contributed by atoms with E-state index >= 15 is 0 Å². The van der Waals surface area contributed by atoms with Crippen LogP contribution in [-0.4, -0.2) is 63.8 Å². The Kier molecular flexibility index (Phi) is 9.91. The van der Waals surface area contributed by atoms with Gasteiger partial charge in [0.25, 0.3) is 0 Å². The van der Waals surface area contributed by atoms with E-state index in [1.165, 1.54) is 12.1 Å². The van der Waals surface area contributed by atoms with Crippen molar-refractivity contribution >= 4 is 39.5 Å². The van der Waals surface area contributed by atoms with Crippen LogP contribution in [0.2, 0.25) is 0 Å². The molecule has 0 radical (unpaired) electrons. The summed E-state index contributed by atoms with van der Waals surface area (Å²) in [7, 11) is 3.49. The molecule has 7 nitrogen and oxygen atoms in total. The first-order chi connectivity index (χ1) is 18.1. The van der Waals surface area contributed by atoms with Crippen LogP contribution in [0.1, 0.15) is 56.8 Å². The fourth-order valence-corrected chi connectivity index (χ4v) is 6.56. The molecule has 1 saturated carbocycles. The zero-order valence-electron chi connectivity index (χ0n) is 21.8. The Labute approximate surface area is 239 Å². The monoisotopic (exact) mass is 667 g/mol. The highest BCUT2D eigenvalue weighted by molar-refractivity contribution is 14.1. The zero-order chi connectivity index (χ0) is 27.4. The summed E-state index contributed by atoms with van der Waals surface area (Å²) in [5.41, 5.74) is 1.27. The largest absolute Gasteiger partial charge is 0.573 e. The van der Waals surface area contributed by atoms with Crippen molar-refractivity contribution in [3.8, 4) is 17.0 Å². The van der Waals surface area contributed by atoms with Gasteiger partial charge in [0.15, 0.2) is 5.17 Å². The SMILES string of the molecule is CN=C(SC(C)OC)N1C(CI)C[C@@H](OCc2c(-c3ccccc3OC(F)(F)F)noc2C2CC2)C[C@H]1C. The Balaban J connectivity index is 1.53. The highest BCUT2D eigenvalue weighted by Gasteiger charge is 2.38. The number of rotatable bonds is 9. The van der Waals surface area contributed by atoms with E-state index in [2.05, 4.69) is 49.3 Å². The number of piperidine rings is 1. The van der Waals surface area contributed by atoms with Gasteiger partial charge < -0.3 is 23.6 Å². The minimum Gasteiger partial charge on any atom is -0.405 e. The molecule has 210 valence electrons. The number of nitrogens with zero attached hydrogens (tertiary/aromatic N) is 3. The number of ether oxygens (including phenoxy) is 3. The van der Waals surface area contributed by atoms with Gasteiger partial charge >= 0.3 is 6.36 Å². The van der Waals surface area contributed by atoms with E-state index in [1.54, 1.807) is 38.1 Å². The molecule has 2 unspecified atom stereocenters. The van der Waals surface area contributed by atoms with E-state index in [-0.39, 0.29) is 47.5 Å². The molecule has 2 fully saturated rings. The minimum absolute atomic E-state index is 0.0122. The van der Waals surface area contributed by atoms with Crippen LogP contribution in [0.25, 0.3) is 11.3 Å². The van der Waals surface area contributed by atoms with E-state index in [0.29, 0.717) is 17.0 Å². The number of thioether (sulfide) groups is 1. The molecule has 1 aliphatic carbocycles. The van der Waals surface area contributed by atoms with E-state index in [1.807, 2.05) is 6.92 Å². The lowest BCUT2D eigenvalue weighted by Crippen LogP contribution is -2.53. The quantitative estimate of drug-likeness (QED) is 0.0938. The van der Waals surface area contributed by atoms with Gasteiger partial charge in [-0.25, -0.2) is 0 Å². The summed E-state index contributed by atoms with van der Waals surface area (Å²) < 4.78 is 62.0. The molecule has 2 aromatic rings. The van der Waals surface area contributed by atoms with Crippen molar-refractivity contribution in [3.05, 3.63) is 35.6 Å². The van der Waals surface area contributed by atoms with Crippen LogP contribution in [0.5, 0.6) is 5.75 Å². The highest BCUT2D eigenvalue weighted by atomic mass is 127. The van der Waals surface area contributed by atoms with E-state index in [9.17, 15) is 13.2 Å². The number of methoxy groups -OCH3 is 1. The number of para-hydroxylation sites is 1. The number of amidine groups is 1. The van der Waals surface area contributed by atoms with Crippen molar-refractivity contribution in [1.29, 1.82) is 0 Å². The smallest absolute Gasteiger partial charge is 0.405 e. The van der Waals surface area contributed by atoms with Gasteiger partial charge in [-0.15, -0.1) is 13.2 Å². The van der Waals surface area contributed by atoms with Gasteiger partial charge in [0, 0.05) is 47.7 Å². The fraction of sp³-hybridized carbons (Fsp3) is 0.615. The predicted octanol–water partition coefficient (Wildman–Crippen LogP) is 7.00. The van der Waals surface area contributed by atoms with Gasteiger partial charge in [-0.3, -0.25) is 4.99 Å². The summed E-state index contributed by atoms with van der Waals surface area (Å²) in [5, 5.41) is 5.14. The molecule has 1 aromatic heterocycles. The van der Waals surface area contributed by atoms with Crippen molar-refractivity contribution in [2.24, 2.45) is 4.99 Å². The molecule has 12 heteroatoms. The summed E-state index contributed by atoms with van der Waals surface area (Å²) in [6, 6.07) is 6.43. The molecule has 0 amide bonds. The van der Waals surface area contributed by atoms with Gasteiger partial charge in [-0.05, 0) is 51.7 Å². The number of aromatic nitrogens is 1. The van der Waals surface area contributed by atoms with Crippen molar-refractivity contribution in [3.63, 3.8) is 0 Å². The number of likely N-dealkylation sites (tertiary alicyclic amines) is 1. The van der Waals surface area contributed by atoms with Gasteiger partial charge in [-0.1, -0.05) is 51.6 Å². The topological polar surface area (TPSA) is 69.3 Å². The molecule has 0 bridgehead atoms. The zero-order valence-corrected chi connectivity index (χ0v) is 24.8. The Hall–Kier alpha value is -1.51. The molecule has 2 aliphatic rings. The Morgan fingerprint density at radius 2 is 2.03 bits per heavy atom. The molecular weight excluding hydrogens is 634 g/mol. The van der Waals surface area contributed by atoms with E-state index < -0.39 is 6.36 Å². The number of alkyl halides is 4. The number of aliphatic imine (C=N–C) groups is 1. The highest BCUT2D eigenvalue weighted by Crippen LogP contribution is 2.46. The van der Waals surface area contributed by atoms with E-state index in [0.717, 1.165) is 35.3 Å². The molecule has 4 atom stereocenters. The van der Waals surface area contributed by atoms with Crippen molar-refractivity contribution in [2.45, 2.75) is 82.0 Å². The summed E-state index contributed by atoms with van der Waals surface area (Å²) in [6.07, 6.45) is -1.31. The molecular formula is C26H33F3IN3O4S. The predicted molar refractivity (Wildman–Crippen MR) is 150 cm³/mol. The number of halogens is 4. The van der Waals surface area contributed by atoms with Gasteiger partial charge in [0.1, 0.15) is 22.6 Å². The lowest BCUT2D eigenvalue weighted by Gasteiger charge is -2.45. The molecule has 1 aliphatic heterocycles. The minimum atomic E-state index is -4.81. The van der Waals surface area contributed by atoms with Gasteiger partial charge in [-0.2, -0.15) is 0 Å². The summed E-state index contributed by atoms with van der Waals surface area (Å²) in [5.74, 6) is 0.609. The number of hydrogen-bond acceptors (Lipinski definition) is 7. The number of benzene rings is 1. The first-order valence-electron chi connectivity index (χ1n) is 12.6. The van der Waals surface area contributed by atoms with Crippen LogP contribution in [0.15, 0.2) is 33.8 Å². The molecule has 4 rings (SSSR count). The van der Waals surface area contributed by atoms with Crippen LogP contribution in [0, 0.1) is 0 Å². The van der Waals surface area contributed by atoms with E-state index in [4.69, 9.17) is 14.0 Å². The molecule has 0 spiro atoms. The fourth-order valence-electron chi connectivity index (χ4n) is 4.83. The lowest BCUT2D eigenvalue weighted by molar-refractivity contribution is -0.274. The second-order valence-corrected chi connectivity index (χ2v) is 11.7. The van der Waals surface area contributed by atoms with Crippen LogP contribution in [-0.2, 0) is 16.1 Å². The van der Waals surface area contributed by atoms with Crippen LogP contribution in [0.4, 0.5) is 13.2 Å². The molecule has 1 saturated heterocycles. The van der Waals surface area contributed by atoms with Crippen LogP contribution < -0.4 is 4.74 Å².